The van der Waals surface area contributed by atoms with Crippen LogP contribution in [0, 0.1) is 0 Å². The third-order valence-electron chi connectivity index (χ3n) is 4.37. The van der Waals surface area contributed by atoms with Gasteiger partial charge in [0.25, 0.3) is 5.91 Å². The summed E-state index contributed by atoms with van der Waals surface area (Å²) in [5.41, 5.74) is 1.48. The van der Waals surface area contributed by atoms with Crippen molar-refractivity contribution in [2.75, 3.05) is 12.3 Å². The summed E-state index contributed by atoms with van der Waals surface area (Å²) in [6.45, 7) is 0.576. The molecule has 4 nitrogen and oxygen atoms in total. The Morgan fingerprint density at radius 2 is 1.38 bits per heavy atom. The monoisotopic (exact) mass is 404 g/mol. The maximum atomic E-state index is 12.6. The molecule has 0 bridgehead atoms. The minimum atomic E-state index is -0.384. The third-order valence-corrected chi connectivity index (χ3v) is 5.38. The largest absolute Gasteiger partial charge is 0.355 e. The Morgan fingerprint density at radius 3 is 2.03 bits per heavy atom. The zero-order valence-electron chi connectivity index (χ0n) is 16.1. The van der Waals surface area contributed by atoms with Crippen molar-refractivity contribution in [2.45, 2.75) is 17.4 Å². The van der Waals surface area contributed by atoms with Gasteiger partial charge in [-0.25, -0.2) is 0 Å². The van der Waals surface area contributed by atoms with E-state index in [4.69, 9.17) is 0 Å². The highest BCUT2D eigenvalue weighted by molar-refractivity contribution is 7.99. The lowest BCUT2D eigenvalue weighted by molar-refractivity contribution is -0.121. The molecule has 2 N–H and O–H groups in total. The number of amides is 2. The van der Waals surface area contributed by atoms with E-state index in [0.29, 0.717) is 12.1 Å². The van der Waals surface area contributed by atoms with Gasteiger partial charge in [-0.1, -0.05) is 66.7 Å². The zero-order chi connectivity index (χ0) is 20.3. The summed E-state index contributed by atoms with van der Waals surface area (Å²) in [5, 5.41) is 5.95. The Kier molecular flexibility index (Phi) is 7.90. The molecule has 0 spiro atoms. The first kappa shape index (κ1) is 20.7. The van der Waals surface area contributed by atoms with Crippen molar-refractivity contribution < 1.29 is 9.59 Å². The maximum absolute atomic E-state index is 12.6. The van der Waals surface area contributed by atoms with E-state index < -0.39 is 0 Å². The average Bonchev–Trinajstić information content (AvgIpc) is 2.78. The van der Waals surface area contributed by atoms with E-state index in [0.717, 1.165) is 11.3 Å². The Hall–Kier alpha value is -3.05. The summed E-state index contributed by atoms with van der Waals surface area (Å²) in [5.74, 6) is 0.523. The molecule has 0 heterocycles. The number of thioether (sulfide) groups is 1. The quantitative estimate of drug-likeness (QED) is 0.409. The summed E-state index contributed by atoms with van der Waals surface area (Å²) in [7, 11) is 0. The van der Waals surface area contributed by atoms with Crippen LogP contribution >= 0.6 is 11.8 Å². The lowest BCUT2D eigenvalue weighted by Gasteiger charge is -2.19. The molecule has 3 rings (SSSR count). The van der Waals surface area contributed by atoms with Crippen molar-refractivity contribution in [3.8, 4) is 0 Å². The summed E-state index contributed by atoms with van der Waals surface area (Å²) in [6, 6.07) is 28.3. The molecule has 0 aliphatic heterocycles. The molecule has 1 atom stereocenters. The number of nitrogens with one attached hydrogen (secondary N) is 2. The predicted molar refractivity (Wildman–Crippen MR) is 118 cm³/mol. The third kappa shape index (κ3) is 6.80. The highest BCUT2D eigenvalue weighted by atomic mass is 32.2. The molecule has 148 valence electrons. The number of hydrogen-bond donors (Lipinski definition) is 2. The Labute approximate surface area is 175 Å². The van der Waals surface area contributed by atoms with Crippen LogP contribution in [0.3, 0.4) is 0 Å². The molecule has 5 heteroatoms. The number of benzene rings is 3. The molecule has 3 aromatic carbocycles. The van der Waals surface area contributed by atoms with Crippen LogP contribution < -0.4 is 10.6 Å². The van der Waals surface area contributed by atoms with Gasteiger partial charge in [-0.05, 0) is 29.8 Å². The fourth-order valence-corrected chi connectivity index (χ4v) is 3.69. The lowest BCUT2D eigenvalue weighted by atomic mass is 10.0. The van der Waals surface area contributed by atoms with E-state index in [2.05, 4.69) is 22.8 Å². The minimum absolute atomic E-state index is 0.0825. The van der Waals surface area contributed by atoms with Gasteiger partial charge >= 0.3 is 0 Å². The molecular weight excluding hydrogens is 380 g/mol. The smallest absolute Gasteiger partial charge is 0.251 e. The first-order valence-corrected chi connectivity index (χ1v) is 10.6. The van der Waals surface area contributed by atoms with Gasteiger partial charge in [0.15, 0.2) is 0 Å². The van der Waals surface area contributed by atoms with E-state index in [1.54, 1.807) is 23.9 Å². The molecule has 0 saturated heterocycles. The fraction of sp³-hybridized carbons (Fsp3) is 0.167. The summed E-state index contributed by atoms with van der Waals surface area (Å²) >= 11 is 1.70. The molecule has 0 unspecified atom stereocenters. The highest BCUT2D eigenvalue weighted by Gasteiger charge is 2.19. The van der Waals surface area contributed by atoms with Crippen molar-refractivity contribution in [1.29, 1.82) is 0 Å². The van der Waals surface area contributed by atoms with Gasteiger partial charge in [-0.15, -0.1) is 11.8 Å². The minimum Gasteiger partial charge on any atom is -0.355 e. The van der Waals surface area contributed by atoms with Gasteiger partial charge in [-0.3, -0.25) is 9.59 Å². The fourth-order valence-electron chi connectivity index (χ4n) is 2.90. The maximum Gasteiger partial charge on any atom is 0.251 e. The number of carbonyl (C=O) groups excluding carboxylic acids is 2. The van der Waals surface area contributed by atoms with Crippen LogP contribution in [-0.4, -0.2) is 24.1 Å². The molecule has 0 aromatic heterocycles. The Bertz CT molecular complexity index is 902. The van der Waals surface area contributed by atoms with Crippen LogP contribution in [0.1, 0.15) is 28.4 Å². The second-order valence-corrected chi connectivity index (χ2v) is 7.69. The van der Waals surface area contributed by atoms with Gasteiger partial charge in [0.2, 0.25) is 5.91 Å². The second kappa shape index (κ2) is 11.1. The van der Waals surface area contributed by atoms with E-state index >= 15 is 0 Å². The van der Waals surface area contributed by atoms with E-state index in [1.807, 2.05) is 66.7 Å². The SMILES string of the molecule is O=C(C[C@H](NC(=O)c1ccccc1)c1ccccc1)NCCSc1ccccc1. The summed E-state index contributed by atoms with van der Waals surface area (Å²) in [4.78, 5) is 26.2. The molecule has 0 aliphatic rings. The molecular formula is C24H24N2O2S. The predicted octanol–water partition coefficient (Wildman–Crippen LogP) is 4.46. The van der Waals surface area contributed by atoms with Crippen LogP contribution in [0.15, 0.2) is 95.9 Å². The number of carbonyl (C=O) groups is 2. The Balaban J connectivity index is 1.55. The van der Waals surface area contributed by atoms with E-state index in [-0.39, 0.29) is 24.3 Å². The molecule has 3 aromatic rings. The first-order valence-electron chi connectivity index (χ1n) is 9.58. The van der Waals surface area contributed by atoms with Crippen LogP contribution in [-0.2, 0) is 4.79 Å². The molecule has 0 radical (unpaired) electrons. The van der Waals surface area contributed by atoms with Crippen LogP contribution in [0.2, 0.25) is 0 Å². The van der Waals surface area contributed by atoms with Gasteiger partial charge in [-0.2, -0.15) is 0 Å². The van der Waals surface area contributed by atoms with Gasteiger partial charge in [0.05, 0.1) is 12.5 Å². The first-order chi connectivity index (χ1) is 14.2. The normalized spacial score (nSPS) is 11.4. The van der Waals surface area contributed by atoms with Crippen molar-refractivity contribution in [3.05, 3.63) is 102 Å². The van der Waals surface area contributed by atoms with Gasteiger partial charge in [0, 0.05) is 22.8 Å². The lowest BCUT2D eigenvalue weighted by Crippen LogP contribution is -2.34. The molecule has 0 saturated carbocycles. The van der Waals surface area contributed by atoms with Crippen molar-refractivity contribution in [2.24, 2.45) is 0 Å². The average molecular weight is 405 g/mol. The van der Waals surface area contributed by atoms with Crippen molar-refractivity contribution in [3.63, 3.8) is 0 Å². The molecule has 0 fully saturated rings. The van der Waals surface area contributed by atoms with E-state index in [1.165, 1.54) is 4.90 Å². The zero-order valence-corrected chi connectivity index (χ0v) is 16.9. The summed E-state index contributed by atoms with van der Waals surface area (Å²) < 4.78 is 0. The van der Waals surface area contributed by atoms with Crippen LogP contribution in [0.5, 0.6) is 0 Å². The molecule has 0 aliphatic carbocycles. The summed E-state index contributed by atoms with van der Waals surface area (Å²) in [6.07, 6.45) is 0.193. The van der Waals surface area contributed by atoms with Crippen LogP contribution in [0.4, 0.5) is 0 Å². The topological polar surface area (TPSA) is 58.2 Å². The van der Waals surface area contributed by atoms with Crippen molar-refractivity contribution in [1.82, 2.24) is 10.6 Å². The second-order valence-electron chi connectivity index (χ2n) is 6.52. The van der Waals surface area contributed by atoms with E-state index in [9.17, 15) is 9.59 Å². The van der Waals surface area contributed by atoms with Crippen molar-refractivity contribution >= 4 is 23.6 Å². The molecule has 29 heavy (non-hydrogen) atoms. The Morgan fingerprint density at radius 1 is 0.793 bits per heavy atom. The highest BCUT2D eigenvalue weighted by Crippen LogP contribution is 2.18. The standard InChI is InChI=1S/C24H24N2O2S/c27-23(25-16-17-29-21-14-8-3-9-15-21)18-22(19-10-4-1-5-11-19)26-24(28)20-12-6-2-7-13-20/h1-15,22H,16-18H2,(H,25,27)(H,26,28)/t22-/m0/s1. The van der Waals surface area contributed by atoms with Crippen LogP contribution in [0.25, 0.3) is 0 Å². The van der Waals surface area contributed by atoms with Gasteiger partial charge < -0.3 is 10.6 Å². The number of hydrogen-bond acceptors (Lipinski definition) is 3. The van der Waals surface area contributed by atoms with Gasteiger partial charge in [0.1, 0.15) is 0 Å². The number of rotatable bonds is 9. The molecule has 2 amide bonds.